The number of carbonyl (C=O) groups excluding carboxylic acids is 1. The van der Waals surface area contributed by atoms with Crippen LogP contribution < -0.4 is 11.1 Å². The molecular weight excluding hydrogens is 248 g/mol. The van der Waals surface area contributed by atoms with Crippen LogP contribution in [0.25, 0.3) is 0 Å². The number of aryl methyl sites for hydroxylation is 3. The van der Waals surface area contributed by atoms with Gasteiger partial charge in [-0.1, -0.05) is 31.2 Å². The highest BCUT2D eigenvalue weighted by atomic mass is 16.1. The summed E-state index contributed by atoms with van der Waals surface area (Å²) in [5, 5.41) is 3.02. The lowest BCUT2D eigenvalue weighted by molar-refractivity contribution is 0.102. The van der Waals surface area contributed by atoms with E-state index in [-0.39, 0.29) is 5.91 Å². The van der Waals surface area contributed by atoms with Gasteiger partial charge in [0, 0.05) is 16.9 Å². The van der Waals surface area contributed by atoms with Crippen LogP contribution in [0, 0.1) is 13.8 Å². The highest BCUT2D eigenvalue weighted by Crippen LogP contribution is 2.23. The average Bonchev–Trinajstić information content (AvgIpc) is 2.43. The first-order chi connectivity index (χ1) is 9.52. The fraction of sp³-hybridized carbons (Fsp3) is 0.235. The molecule has 0 aliphatic heterocycles. The van der Waals surface area contributed by atoms with E-state index in [1.165, 1.54) is 0 Å². The third kappa shape index (κ3) is 2.82. The zero-order valence-electron chi connectivity index (χ0n) is 12.2. The second-order valence-corrected chi connectivity index (χ2v) is 4.99. The van der Waals surface area contributed by atoms with Crippen molar-refractivity contribution in [2.24, 2.45) is 0 Å². The van der Waals surface area contributed by atoms with Gasteiger partial charge in [-0.2, -0.15) is 0 Å². The number of anilines is 2. The maximum absolute atomic E-state index is 12.4. The summed E-state index contributed by atoms with van der Waals surface area (Å²) in [6.45, 7) is 5.99. The largest absolute Gasteiger partial charge is 0.399 e. The molecule has 0 saturated carbocycles. The average molecular weight is 268 g/mol. The van der Waals surface area contributed by atoms with Crippen LogP contribution in [0.5, 0.6) is 0 Å². The van der Waals surface area contributed by atoms with Crippen LogP contribution >= 0.6 is 0 Å². The Morgan fingerprint density at radius 2 is 1.90 bits per heavy atom. The van der Waals surface area contributed by atoms with Gasteiger partial charge in [-0.3, -0.25) is 4.79 Å². The van der Waals surface area contributed by atoms with E-state index in [1.807, 2.05) is 38.1 Å². The van der Waals surface area contributed by atoms with Crippen LogP contribution in [-0.4, -0.2) is 5.91 Å². The molecule has 0 bridgehead atoms. The van der Waals surface area contributed by atoms with Crippen LogP contribution in [0.2, 0.25) is 0 Å². The molecule has 2 aromatic carbocycles. The van der Waals surface area contributed by atoms with Crippen LogP contribution in [0.3, 0.4) is 0 Å². The third-order valence-corrected chi connectivity index (χ3v) is 3.48. The molecule has 0 aliphatic rings. The van der Waals surface area contributed by atoms with Crippen LogP contribution in [0.4, 0.5) is 11.4 Å². The molecule has 0 heterocycles. The summed E-state index contributed by atoms with van der Waals surface area (Å²) in [7, 11) is 0. The molecule has 0 spiro atoms. The number of rotatable bonds is 3. The van der Waals surface area contributed by atoms with Crippen molar-refractivity contribution >= 4 is 17.3 Å². The Morgan fingerprint density at radius 1 is 1.15 bits per heavy atom. The molecule has 104 valence electrons. The molecule has 0 radical (unpaired) electrons. The Labute approximate surface area is 119 Å². The van der Waals surface area contributed by atoms with E-state index in [9.17, 15) is 4.79 Å². The molecule has 2 rings (SSSR count). The van der Waals surface area contributed by atoms with E-state index in [1.54, 1.807) is 12.1 Å². The molecular formula is C17H20N2O. The van der Waals surface area contributed by atoms with Gasteiger partial charge < -0.3 is 11.1 Å². The predicted octanol–water partition coefficient (Wildman–Crippen LogP) is 3.70. The molecule has 1 amide bonds. The zero-order valence-corrected chi connectivity index (χ0v) is 12.2. The number of carbonyl (C=O) groups is 1. The van der Waals surface area contributed by atoms with Crippen molar-refractivity contribution < 1.29 is 4.79 Å². The number of nitrogen functional groups attached to an aromatic ring is 1. The van der Waals surface area contributed by atoms with Gasteiger partial charge in [0.15, 0.2) is 0 Å². The molecule has 0 aliphatic carbocycles. The van der Waals surface area contributed by atoms with Crippen molar-refractivity contribution in [3.8, 4) is 0 Å². The summed E-state index contributed by atoms with van der Waals surface area (Å²) >= 11 is 0. The monoisotopic (exact) mass is 268 g/mol. The summed E-state index contributed by atoms with van der Waals surface area (Å²) in [6, 6.07) is 11.4. The Bertz CT molecular complexity index is 647. The molecule has 2 aromatic rings. The standard InChI is InChI=1S/C17H20N2O/c1-4-13-7-5-6-12(3)16(13)19-17(20)15-10-14(18)9-8-11(15)2/h5-10H,4,18H2,1-3H3,(H,19,20). The Morgan fingerprint density at radius 3 is 2.60 bits per heavy atom. The number of benzene rings is 2. The minimum Gasteiger partial charge on any atom is -0.399 e. The number of amides is 1. The van der Waals surface area contributed by atoms with Gasteiger partial charge in [0.1, 0.15) is 0 Å². The van der Waals surface area contributed by atoms with E-state index in [4.69, 9.17) is 5.73 Å². The molecule has 3 heteroatoms. The number of para-hydroxylation sites is 1. The van der Waals surface area contributed by atoms with Gasteiger partial charge in [-0.15, -0.1) is 0 Å². The van der Waals surface area contributed by atoms with E-state index >= 15 is 0 Å². The van der Waals surface area contributed by atoms with Crippen molar-refractivity contribution in [2.75, 3.05) is 11.1 Å². The molecule has 20 heavy (non-hydrogen) atoms. The SMILES string of the molecule is CCc1cccc(C)c1NC(=O)c1cc(N)ccc1C. The molecule has 0 unspecified atom stereocenters. The highest BCUT2D eigenvalue weighted by Gasteiger charge is 2.12. The van der Waals surface area contributed by atoms with Crippen LogP contribution in [0.15, 0.2) is 36.4 Å². The molecule has 3 N–H and O–H groups in total. The van der Waals surface area contributed by atoms with E-state index in [2.05, 4.69) is 12.2 Å². The van der Waals surface area contributed by atoms with Crippen molar-refractivity contribution in [1.29, 1.82) is 0 Å². The molecule has 0 saturated heterocycles. The van der Waals surface area contributed by atoms with Crippen LogP contribution in [-0.2, 0) is 6.42 Å². The predicted molar refractivity (Wildman–Crippen MR) is 84.1 cm³/mol. The second-order valence-electron chi connectivity index (χ2n) is 4.99. The number of hydrogen-bond acceptors (Lipinski definition) is 2. The first-order valence-electron chi connectivity index (χ1n) is 6.79. The molecule has 3 nitrogen and oxygen atoms in total. The maximum atomic E-state index is 12.4. The Kier molecular flexibility index (Phi) is 4.08. The lowest BCUT2D eigenvalue weighted by atomic mass is 10.0. The lowest BCUT2D eigenvalue weighted by Crippen LogP contribution is -2.15. The van der Waals surface area contributed by atoms with Gasteiger partial charge in [-0.05, 0) is 49.1 Å². The first-order valence-corrected chi connectivity index (χ1v) is 6.79. The van der Waals surface area contributed by atoms with Crippen molar-refractivity contribution in [2.45, 2.75) is 27.2 Å². The van der Waals surface area contributed by atoms with Crippen LogP contribution in [0.1, 0.15) is 34.0 Å². The third-order valence-electron chi connectivity index (χ3n) is 3.48. The van der Waals surface area contributed by atoms with Gasteiger partial charge in [-0.25, -0.2) is 0 Å². The smallest absolute Gasteiger partial charge is 0.256 e. The topological polar surface area (TPSA) is 55.1 Å². The minimum absolute atomic E-state index is 0.112. The van der Waals surface area contributed by atoms with Crippen molar-refractivity contribution in [3.05, 3.63) is 58.7 Å². The van der Waals surface area contributed by atoms with Gasteiger partial charge in [0.25, 0.3) is 5.91 Å². The summed E-state index contributed by atoms with van der Waals surface area (Å²) in [5.74, 6) is -0.112. The Hall–Kier alpha value is -2.29. The van der Waals surface area contributed by atoms with Gasteiger partial charge >= 0.3 is 0 Å². The normalized spacial score (nSPS) is 10.3. The maximum Gasteiger partial charge on any atom is 0.256 e. The Balaban J connectivity index is 2.35. The first kappa shape index (κ1) is 14.1. The number of nitrogens with two attached hydrogens (primary N) is 1. The second kappa shape index (κ2) is 5.78. The van der Waals surface area contributed by atoms with E-state index in [0.717, 1.165) is 28.8 Å². The van der Waals surface area contributed by atoms with E-state index < -0.39 is 0 Å². The van der Waals surface area contributed by atoms with Gasteiger partial charge in [0.2, 0.25) is 0 Å². The summed E-state index contributed by atoms with van der Waals surface area (Å²) < 4.78 is 0. The lowest BCUT2D eigenvalue weighted by Gasteiger charge is -2.14. The number of hydrogen-bond donors (Lipinski definition) is 2. The molecule has 0 fully saturated rings. The minimum atomic E-state index is -0.112. The zero-order chi connectivity index (χ0) is 14.7. The van der Waals surface area contributed by atoms with Gasteiger partial charge in [0.05, 0.1) is 0 Å². The highest BCUT2D eigenvalue weighted by molar-refractivity contribution is 6.06. The van der Waals surface area contributed by atoms with Crippen molar-refractivity contribution in [3.63, 3.8) is 0 Å². The quantitative estimate of drug-likeness (QED) is 0.834. The number of nitrogens with one attached hydrogen (secondary N) is 1. The van der Waals surface area contributed by atoms with Crippen molar-refractivity contribution in [1.82, 2.24) is 0 Å². The molecule has 0 atom stereocenters. The fourth-order valence-electron chi connectivity index (χ4n) is 2.27. The fourth-order valence-corrected chi connectivity index (χ4v) is 2.27. The molecule has 0 aromatic heterocycles. The summed E-state index contributed by atoms with van der Waals surface area (Å²) in [4.78, 5) is 12.4. The van der Waals surface area contributed by atoms with E-state index in [0.29, 0.717) is 11.3 Å². The summed E-state index contributed by atoms with van der Waals surface area (Å²) in [5.41, 5.74) is 11.0. The summed E-state index contributed by atoms with van der Waals surface area (Å²) in [6.07, 6.45) is 0.882.